The largest absolute Gasteiger partial charge is 0.377 e. The lowest BCUT2D eigenvalue weighted by atomic mass is 10.1. The van der Waals surface area contributed by atoms with Crippen LogP contribution in [0.2, 0.25) is 0 Å². The van der Waals surface area contributed by atoms with Crippen molar-refractivity contribution < 1.29 is 14.3 Å². The van der Waals surface area contributed by atoms with Crippen LogP contribution in [-0.2, 0) is 27.4 Å². The normalized spacial score (nSPS) is 20.2. The van der Waals surface area contributed by atoms with E-state index in [-0.39, 0.29) is 12.0 Å². The summed E-state index contributed by atoms with van der Waals surface area (Å²) in [7, 11) is 1.81. The van der Waals surface area contributed by atoms with Gasteiger partial charge in [-0.05, 0) is 30.4 Å². The van der Waals surface area contributed by atoms with Crippen LogP contribution in [0.5, 0.6) is 0 Å². The van der Waals surface area contributed by atoms with Crippen molar-refractivity contribution in [3.8, 4) is 0 Å². The lowest BCUT2D eigenvalue weighted by molar-refractivity contribution is -0.142. The van der Waals surface area contributed by atoms with Gasteiger partial charge in [0.15, 0.2) is 5.96 Å². The Labute approximate surface area is 174 Å². The molecule has 1 atom stereocenters. The number of nitrogens with zero attached hydrogens (tertiary/aromatic N) is 3. The Balaban J connectivity index is 1.49. The number of benzene rings is 1. The Hall–Kier alpha value is -2.12. The SMILES string of the molecule is CCCOCc1ccccc1CNC(=NC)N1CCN(C(=O)C2CCCO2)CC1. The summed E-state index contributed by atoms with van der Waals surface area (Å²) < 4.78 is 11.3. The molecule has 2 aliphatic rings. The molecular weight excluding hydrogens is 368 g/mol. The number of carbonyl (C=O) groups excluding carboxylic acids is 1. The Morgan fingerprint density at radius 1 is 1.21 bits per heavy atom. The van der Waals surface area contributed by atoms with Gasteiger partial charge in [0.1, 0.15) is 6.10 Å². The van der Waals surface area contributed by atoms with E-state index in [9.17, 15) is 4.79 Å². The quantitative estimate of drug-likeness (QED) is 0.429. The van der Waals surface area contributed by atoms with Crippen LogP contribution in [-0.4, -0.2) is 74.2 Å². The summed E-state index contributed by atoms with van der Waals surface area (Å²) in [5.74, 6) is 1.02. The average molecular weight is 403 g/mol. The number of carbonyl (C=O) groups is 1. The van der Waals surface area contributed by atoms with Crippen LogP contribution >= 0.6 is 0 Å². The molecular formula is C22H34N4O3. The van der Waals surface area contributed by atoms with E-state index in [2.05, 4.69) is 40.3 Å². The van der Waals surface area contributed by atoms with E-state index in [0.717, 1.165) is 44.9 Å². The maximum absolute atomic E-state index is 12.5. The highest BCUT2D eigenvalue weighted by atomic mass is 16.5. The molecule has 1 unspecified atom stereocenters. The molecule has 1 N–H and O–H groups in total. The zero-order valence-electron chi connectivity index (χ0n) is 17.7. The molecule has 29 heavy (non-hydrogen) atoms. The molecule has 1 aromatic rings. The summed E-state index contributed by atoms with van der Waals surface area (Å²) in [6.07, 6.45) is 2.63. The molecule has 0 aliphatic carbocycles. The van der Waals surface area contributed by atoms with Gasteiger partial charge in [0, 0.05) is 53.0 Å². The second-order valence-electron chi connectivity index (χ2n) is 7.54. The fraction of sp³-hybridized carbons (Fsp3) is 0.636. The summed E-state index contributed by atoms with van der Waals surface area (Å²) in [5, 5.41) is 3.48. The Morgan fingerprint density at radius 3 is 2.59 bits per heavy atom. The molecule has 1 amide bonds. The third-order valence-corrected chi connectivity index (χ3v) is 5.47. The average Bonchev–Trinajstić information content (AvgIpc) is 3.30. The molecule has 1 aromatic carbocycles. The van der Waals surface area contributed by atoms with E-state index < -0.39 is 0 Å². The third kappa shape index (κ3) is 5.93. The summed E-state index contributed by atoms with van der Waals surface area (Å²) in [5.41, 5.74) is 2.42. The fourth-order valence-corrected chi connectivity index (χ4v) is 3.82. The van der Waals surface area contributed by atoms with E-state index in [1.165, 1.54) is 11.1 Å². The number of aliphatic imine (C=N–C) groups is 1. The van der Waals surface area contributed by atoms with Crippen molar-refractivity contribution in [3.05, 3.63) is 35.4 Å². The van der Waals surface area contributed by atoms with Crippen molar-refractivity contribution >= 4 is 11.9 Å². The Bertz CT molecular complexity index is 680. The number of amides is 1. The van der Waals surface area contributed by atoms with Crippen LogP contribution in [0.4, 0.5) is 0 Å². The van der Waals surface area contributed by atoms with Crippen molar-refractivity contribution in [1.29, 1.82) is 0 Å². The summed E-state index contributed by atoms with van der Waals surface area (Å²) in [6, 6.07) is 8.35. The highest BCUT2D eigenvalue weighted by Crippen LogP contribution is 2.16. The Morgan fingerprint density at radius 2 is 1.93 bits per heavy atom. The molecule has 0 bridgehead atoms. The number of hydrogen-bond acceptors (Lipinski definition) is 4. The lowest BCUT2D eigenvalue weighted by Crippen LogP contribution is -2.55. The molecule has 2 heterocycles. The van der Waals surface area contributed by atoms with E-state index in [1.54, 1.807) is 0 Å². The van der Waals surface area contributed by atoms with Crippen molar-refractivity contribution in [2.45, 2.75) is 45.4 Å². The van der Waals surface area contributed by atoms with Crippen LogP contribution in [0.25, 0.3) is 0 Å². The molecule has 3 rings (SSSR count). The van der Waals surface area contributed by atoms with Gasteiger partial charge < -0.3 is 24.6 Å². The van der Waals surface area contributed by atoms with E-state index in [4.69, 9.17) is 9.47 Å². The number of nitrogens with one attached hydrogen (secondary N) is 1. The molecule has 160 valence electrons. The second kappa shape index (κ2) is 11.2. The van der Waals surface area contributed by atoms with Gasteiger partial charge in [-0.3, -0.25) is 9.79 Å². The zero-order valence-corrected chi connectivity index (χ0v) is 17.7. The maximum Gasteiger partial charge on any atom is 0.251 e. The van der Waals surface area contributed by atoms with Crippen molar-refractivity contribution in [2.24, 2.45) is 4.99 Å². The lowest BCUT2D eigenvalue weighted by Gasteiger charge is -2.37. The maximum atomic E-state index is 12.5. The van der Waals surface area contributed by atoms with Crippen LogP contribution in [0, 0.1) is 0 Å². The van der Waals surface area contributed by atoms with Gasteiger partial charge in [-0.2, -0.15) is 0 Å². The molecule has 2 fully saturated rings. The first-order valence-electron chi connectivity index (χ1n) is 10.7. The molecule has 0 spiro atoms. The number of rotatable bonds is 7. The van der Waals surface area contributed by atoms with Crippen LogP contribution in [0.15, 0.2) is 29.3 Å². The van der Waals surface area contributed by atoms with Crippen LogP contribution < -0.4 is 5.32 Å². The molecule has 0 saturated carbocycles. The first kappa shape index (κ1) is 21.6. The standard InChI is InChI=1S/C22H34N4O3/c1-3-14-28-17-19-8-5-4-7-18(19)16-24-22(23-2)26-12-10-25(11-13-26)21(27)20-9-6-15-29-20/h4-5,7-8,20H,3,6,9-17H2,1-2H3,(H,23,24). The minimum absolute atomic E-state index is 0.145. The second-order valence-corrected chi connectivity index (χ2v) is 7.54. The minimum atomic E-state index is -0.231. The number of ether oxygens (including phenoxy) is 2. The van der Waals surface area contributed by atoms with Gasteiger partial charge in [-0.15, -0.1) is 0 Å². The van der Waals surface area contributed by atoms with E-state index in [1.807, 2.05) is 18.0 Å². The number of hydrogen-bond donors (Lipinski definition) is 1. The summed E-state index contributed by atoms with van der Waals surface area (Å²) in [4.78, 5) is 21.1. The topological polar surface area (TPSA) is 66.4 Å². The van der Waals surface area contributed by atoms with Crippen molar-refractivity contribution in [2.75, 3.05) is 46.4 Å². The van der Waals surface area contributed by atoms with Gasteiger partial charge in [0.05, 0.1) is 6.61 Å². The van der Waals surface area contributed by atoms with E-state index in [0.29, 0.717) is 32.8 Å². The van der Waals surface area contributed by atoms with Gasteiger partial charge in [-0.25, -0.2) is 0 Å². The molecule has 7 heteroatoms. The van der Waals surface area contributed by atoms with Gasteiger partial charge in [0.25, 0.3) is 5.91 Å². The molecule has 0 radical (unpaired) electrons. The van der Waals surface area contributed by atoms with Crippen LogP contribution in [0.3, 0.4) is 0 Å². The van der Waals surface area contributed by atoms with E-state index >= 15 is 0 Å². The Kier molecular flexibility index (Phi) is 8.31. The molecule has 7 nitrogen and oxygen atoms in total. The summed E-state index contributed by atoms with van der Waals surface area (Å²) in [6.45, 7) is 7.91. The van der Waals surface area contributed by atoms with Crippen LogP contribution in [0.1, 0.15) is 37.3 Å². The van der Waals surface area contributed by atoms with Gasteiger partial charge in [-0.1, -0.05) is 31.2 Å². The summed E-state index contributed by atoms with van der Waals surface area (Å²) >= 11 is 0. The smallest absolute Gasteiger partial charge is 0.251 e. The monoisotopic (exact) mass is 402 g/mol. The molecule has 2 aliphatic heterocycles. The fourth-order valence-electron chi connectivity index (χ4n) is 3.82. The van der Waals surface area contributed by atoms with Gasteiger partial charge in [0.2, 0.25) is 0 Å². The predicted molar refractivity (Wildman–Crippen MR) is 114 cm³/mol. The zero-order chi connectivity index (χ0) is 20.5. The van der Waals surface area contributed by atoms with Crippen molar-refractivity contribution in [1.82, 2.24) is 15.1 Å². The minimum Gasteiger partial charge on any atom is -0.377 e. The molecule has 0 aromatic heterocycles. The highest BCUT2D eigenvalue weighted by molar-refractivity contribution is 5.82. The number of piperazine rings is 1. The number of guanidine groups is 1. The molecule has 2 saturated heterocycles. The first-order valence-corrected chi connectivity index (χ1v) is 10.7. The van der Waals surface area contributed by atoms with Crippen molar-refractivity contribution in [3.63, 3.8) is 0 Å². The highest BCUT2D eigenvalue weighted by Gasteiger charge is 2.30. The predicted octanol–water partition coefficient (Wildman–Crippen LogP) is 2.01. The first-order chi connectivity index (χ1) is 14.2. The van der Waals surface area contributed by atoms with Gasteiger partial charge >= 0.3 is 0 Å². The third-order valence-electron chi connectivity index (χ3n) is 5.47.